The molecule has 0 saturated carbocycles. The van der Waals surface area contributed by atoms with Gasteiger partial charge in [0.1, 0.15) is 0 Å². The number of nitrogens with one attached hydrogen (secondary N) is 1. The minimum absolute atomic E-state index is 0.684. The van der Waals surface area contributed by atoms with Crippen molar-refractivity contribution in [2.45, 2.75) is 31.8 Å². The van der Waals surface area contributed by atoms with Crippen molar-refractivity contribution in [3.8, 4) is 0 Å². The molecule has 0 spiro atoms. The molecule has 1 unspecified atom stereocenters. The number of benzene rings is 1. The van der Waals surface area contributed by atoms with Crippen molar-refractivity contribution >= 4 is 15.9 Å². The molecule has 1 N–H and O–H groups in total. The largest absolute Gasteiger partial charge is 0.313 e. The van der Waals surface area contributed by atoms with E-state index < -0.39 is 0 Å². The Labute approximate surface area is 113 Å². The van der Waals surface area contributed by atoms with Crippen LogP contribution >= 0.6 is 15.9 Å². The molecule has 2 nitrogen and oxygen atoms in total. The molecule has 1 saturated heterocycles. The predicted molar refractivity (Wildman–Crippen MR) is 76.1 cm³/mol. The minimum Gasteiger partial charge on any atom is -0.313 e. The van der Waals surface area contributed by atoms with E-state index in [2.05, 4.69) is 57.5 Å². The summed E-state index contributed by atoms with van der Waals surface area (Å²) in [6, 6.07) is 9.29. The highest BCUT2D eigenvalue weighted by Gasteiger charge is 2.14. The molecule has 1 aromatic carbocycles. The first-order valence-electron chi connectivity index (χ1n) is 6.40. The summed E-state index contributed by atoms with van der Waals surface area (Å²) in [6.07, 6.45) is 4.04. The monoisotopic (exact) mass is 296 g/mol. The number of piperidine rings is 1. The summed E-state index contributed by atoms with van der Waals surface area (Å²) in [5.41, 5.74) is 1.38. The van der Waals surface area contributed by atoms with Gasteiger partial charge in [-0.3, -0.25) is 0 Å². The van der Waals surface area contributed by atoms with Gasteiger partial charge in [0.25, 0.3) is 0 Å². The number of nitrogens with zero attached hydrogens (tertiary/aromatic N) is 1. The van der Waals surface area contributed by atoms with Crippen molar-refractivity contribution in [1.29, 1.82) is 0 Å². The Morgan fingerprint density at radius 2 is 2.06 bits per heavy atom. The summed E-state index contributed by atoms with van der Waals surface area (Å²) in [5.74, 6) is 0. The zero-order valence-electron chi connectivity index (χ0n) is 10.5. The Morgan fingerprint density at radius 3 is 2.71 bits per heavy atom. The average molecular weight is 297 g/mol. The van der Waals surface area contributed by atoms with Crippen molar-refractivity contribution < 1.29 is 0 Å². The SMILES string of the molecule is CN(Cc1ccc(Br)cc1)CC1CCCCN1. The van der Waals surface area contributed by atoms with Crippen LogP contribution in [0.25, 0.3) is 0 Å². The van der Waals surface area contributed by atoms with Gasteiger partial charge in [-0.1, -0.05) is 34.5 Å². The number of hydrogen-bond acceptors (Lipinski definition) is 2. The number of halogens is 1. The molecule has 94 valence electrons. The highest BCUT2D eigenvalue weighted by Crippen LogP contribution is 2.13. The molecular formula is C14H21BrN2. The maximum absolute atomic E-state index is 3.60. The van der Waals surface area contributed by atoms with E-state index in [0.717, 1.165) is 17.6 Å². The van der Waals surface area contributed by atoms with Gasteiger partial charge in [0.2, 0.25) is 0 Å². The van der Waals surface area contributed by atoms with Gasteiger partial charge < -0.3 is 10.2 Å². The maximum Gasteiger partial charge on any atom is 0.0231 e. The van der Waals surface area contributed by atoms with Gasteiger partial charge in [-0.25, -0.2) is 0 Å². The van der Waals surface area contributed by atoms with Crippen molar-refractivity contribution in [1.82, 2.24) is 10.2 Å². The second kappa shape index (κ2) is 6.53. The molecule has 2 rings (SSSR count). The second-order valence-electron chi connectivity index (χ2n) is 4.97. The molecule has 17 heavy (non-hydrogen) atoms. The fourth-order valence-corrected chi connectivity index (χ4v) is 2.69. The van der Waals surface area contributed by atoms with Crippen LogP contribution in [0.2, 0.25) is 0 Å². The number of likely N-dealkylation sites (N-methyl/N-ethyl adjacent to an activating group) is 1. The van der Waals surface area contributed by atoms with Gasteiger partial charge in [0.15, 0.2) is 0 Å². The summed E-state index contributed by atoms with van der Waals surface area (Å²) >= 11 is 3.47. The predicted octanol–water partition coefficient (Wildman–Crippen LogP) is 3.02. The van der Waals surface area contributed by atoms with Crippen LogP contribution in [-0.4, -0.2) is 31.1 Å². The van der Waals surface area contributed by atoms with E-state index in [-0.39, 0.29) is 0 Å². The Morgan fingerprint density at radius 1 is 1.29 bits per heavy atom. The topological polar surface area (TPSA) is 15.3 Å². The molecule has 1 heterocycles. The molecule has 0 amide bonds. The van der Waals surface area contributed by atoms with Crippen molar-refractivity contribution in [2.24, 2.45) is 0 Å². The van der Waals surface area contributed by atoms with E-state index in [1.54, 1.807) is 0 Å². The molecule has 3 heteroatoms. The third kappa shape index (κ3) is 4.41. The van der Waals surface area contributed by atoms with Gasteiger partial charge >= 0.3 is 0 Å². The third-order valence-corrected chi connectivity index (χ3v) is 3.84. The first-order valence-corrected chi connectivity index (χ1v) is 7.20. The zero-order valence-corrected chi connectivity index (χ0v) is 12.0. The van der Waals surface area contributed by atoms with Crippen LogP contribution in [0.5, 0.6) is 0 Å². The number of rotatable bonds is 4. The molecule has 1 atom stereocenters. The summed E-state index contributed by atoms with van der Waals surface area (Å²) in [6.45, 7) is 3.37. The van der Waals surface area contributed by atoms with Gasteiger partial charge in [-0.2, -0.15) is 0 Å². The molecule has 1 aliphatic rings. The Bertz CT molecular complexity index is 331. The average Bonchev–Trinajstić information content (AvgIpc) is 2.33. The van der Waals surface area contributed by atoms with E-state index in [0.29, 0.717) is 6.04 Å². The fourth-order valence-electron chi connectivity index (χ4n) is 2.42. The standard InChI is InChI=1S/C14H21BrN2/c1-17(11-14-4-2-3-9-16-14)10-12-5-7-13(15)8-6-12/h5-8,14,16H,2-4,9-11H2,1H3. The van der Waals surface area contributed by atoms with Crippen LogP contribution in [0, 0.1) is 0 Å². The zero-order chi connectivity index (χ0) is 12.1. The molecule has 0 radical (unpaired) electrons. The van der Waals surface area contributed by atoms with E-state index in [4.69, 9.17) is 0 Å². The van der Waals surface area contributed by atoms with Crippen LogP contribution < -0.4 is 5.32 Å². The first kappa shape index (κ1) is 13.1. The van der Waals surface area contributed by atoms with E-state index >= 15 is 0 Å². The van der Waals surface area contributed by atoms with Gasteiger partial charge in [0.05, 0.1) is 0 Å². The van der Waals surface area contributed by atoms with Crippen molar-refractivity contribution in [3.05, 3.63) is 34.3 Å². The molecular weight excluding hydrogens is 276 g/mol. The van der Waals surface area contributed by atoms with Crippen LogP contribution in [0.3, 0.4) is 0 Å². The Balaban J connectivity index is 1.79. The summed E-state index contributed by atoms with van der Waals surface area (Å²) in [7, 11) is 2.21. The normalized spacial score (nSPS) is 20.8. The highest BCUT2D eigenvalue weighted by molar-refractivity contribution is 9.10. The lowest BCUT2D eigenvalue weighted by molar-refractivity contribution is 0.256. The summed E-state index contributed by atoms with van der Waals surface area (Å²) < 4.78 is 1.15. The molecule has 1 aliphatic heterocycles. The minimum atomic E-state index is 0.684. The molecule has 0 aliphatic carbocycles. The van der Waals surface area contributed by atoms with Crippen LogP contribution in [0.15, 0.2) is 28.7 Å². The molecule has 0 bridgehead atoms. The maximum atomic E-state index is 3.60. The fraction of sp³-hybridized carbons (Fsp3) is 0.571. The number of hydrogen-bond donors (Lipinski definition) is 1. The third-order valence-electron chi connectivity index (χ3n) is 3.31. The van der Waals surface area contributed by atoms with Crippen molar-refractivity contribution in [3.63, 3.8) is 0 Å². The van der Waals surface area contributed by atoms with Crippen molar-refractivity contribution in [2.75, 3.05) is 20.1 Å². The van der Waals surface area contributed by atoms with Crippen LogP contribution in [-0.2, 0) is 6.54 Å². The lowest BCUT2D eigenvalue weighted by atomic mass is 10.0. The smallest absolute Gasteiger partial charge is 0.0231 e. The second-order valence-corrected chi connectivity index (χ2v) is 5.89. The van der Waals surface area contributed by atoms with Crippen LogP contribution in [0.1, 0.15) is 24.8 Å². The quantitative estimate of drug-likeness (QED) is 0.919. The molecule has 1 aromatic rings. The highest BCUT2D eigenvalue weighted by atomic mass is 79.9. The Hall–Kier alpha value is -0.380. The lowest BCUT2D eigenvalue weighted by Gasteiger charge is -2.28. The van der Waals surface area contributed by atoms with Gasteiger partial charge in [0, 0.05) is 23.6 Å². The van der Waals surface area contributed by atoms with E-state index in [1.807, 2.05) is 0 Å². The summed E-state index contributed by atoms with van der Waals surface area (Å²) in [4.78, 5) is 2.41. The summed E-state index contributed by atoms with van der Waals surface area (Å²) in [5, 5.41) is 3.60. The van der Waals surface area contributed by atoms with E-state index in [9.17, 15) is 0 Å². The molecule has 0 aromatic heterocycles. The van der Waals surface area contributed by atoms with Gasteiger partial charge in [-0.05, 0) is 44.1 Å². The van der Waals surface area contributed by atoms with Gasteiger partial charge in [-0.15, -0.1) is 0 Å². The van der Waals surface area contributed by atoms with E-state index in [1.165, 1.54) is 31.4 Å². The first-order chi connectivity index (χ1) is 8.24. The van der Waals surface area contributed by atoms with Crippen LogP contribution in [0.4, 0.5) is 0 Å². The Kier molecular flexibility index (Phi) is 5.01. The molecule has 1 fully saturated rings. The lowest BCUT2D eigenvalue weighted by Crippen LogP contribution is -2.42.